The zero-order chi connectivity index (χ0) is 23.3. The molecule has 0 atom stereocenters. The largest absolute Gasteiger partial charge is 0.355 e. The van der Waals surface area contributed by atoms with Crippen LogP contribution < -0.4 is 0 Å². The molecule has 180 valence electrons. The van der Waals surface area contributed by atoms with Crippen molar-refractivity contribution >= 4 is 25.3 Å². The van der Waals surface area contributed by atoms with Gasteiger partial charge in [-0.3, -0.25) is 9.69 Å². The van der Waals surface area contributed by atoms with Gasteiger partial charge in [0.1, 0.15) is 0 Å². The molecule has 0 aromatic rings. The molecule has 8 heteroatoms. The molecule has 0 N–H and O–H groups in total. The van der Waals surface area contributed by atoms with Crippen LogP contribution in [0.15, 0.2) is 0 Å². The van der Waals surface area contributed by atoms with E-state index < -0.39 is 8.45 Å². The van der Waals surface area contributed by atoms with Crippen LogP contribution in [0, 0.1) is 0 Å². The Morgan fingerprint density at radius 2 is 1.33 bits per heavy atom. The van der Waals surface area contributed by atoms with Crippen LogP contribution in [0.1, 0.15) is 75.7 Å². The fourth-order valence-electron chi connectivity index (χ4n) is 3.40. The highest BCUT2D eigenvalue weighted by atomic mass is 32.2. The van der Waals surface area contributed by atoms with E-state index in [9.17, 15) is 4.79 Å². The molecule has 0 aliphatic rings. The molecule has 0 unspecified atom stereocenters. The average molecular weight is 466 g/mol. The number of carbonyl (C=O) groups excluding carboxylic acids is 1. The number of hydrogen-bond donors (Lipinski definition) is 0. The zero-order valence-corrected chi connectivity index (χ0v) is 22.9. The third-order valence-corrected chi connectivity index (χ3v) is 8.62. The Morgan fingerprint density at radius 3 is 1.73 bits per heavy atom. The van der Waals surface area contributed by atoms with Crippen molar-refractivity contribution < 1.29 is 14.1 Å². The van der Waals surface area contributed by atoms with Crippen molar-refractivity contribution in [2.45, 2.75) is 99.8 Å². The summed E-state index contributed by atoms with van der Waals surface area (Å²) < 4.78 is 17.0. The lowest BCUT2D eigenvalue weighted by Crippen LogP contribution is -2.43. The summed E-state index contributed by atoms with van der Waals surface area (Å²) in [5.74, 6) is 0.795. The first kappa shape index (κ1) is 30.2. The van der Waals surface area contributed by atoms with Gasteiger partial charge in [-0.15, -0.1) is 0 Å². The summed E-state index contributed by atoms with van der Waals surface area (Å²) in [5, 5.41) is 0.243. The van der Waals surface area contributed by atoms with Crippen LogP contribution in [0.25, 0.3) is 0 Å². The number of nitrogens with zero attached hydrogens (tertiary/aromatic N) is 3. The number of hydrogen-bond acceptors (Lipinski definition) is 7. The first-order valence-corrected chi connectivity index (χ1v) is 13.7. The number of rotatable bonds is 17. The van der Waals surface area contributed by atoms with Crippen LogP contribution >= 0.6 is 20.2 Å². The van der Waals surface area contributed by atoms with Gasteiger partial charge in [0.2, 0.25) is 5.12 Å². The van der Waals surface area contributed by atoms with Crippen LogP contribution in [0.5, 0.6) is 0 Å². The maximum absolute atomic E-state index is 12.0. The highest BCUT2D eigenvalue weighted by molar-refractivity contribution is 8.13. The average Bonchev–Trinajstić information content (AvgIpc) is 2.63. The van der Waals surface area contributed by atoms with Gasteiger partial charge >= 0.3 is 0 Å². The number of ether oxygens (including phenoxy) is 1. The molecule has 0 aromatic carbocycles. The second kappa shape index (κ2) is 16.8. The molecular formula is C22H48N3O3PS. The van der Waals surface area contributed by atoms with Crippen molar-refractivity contribution in [2.24, 2.45) is 0 Å². The zero-order valence-electron chi connectivity index (χ0n) is 21.2. The van der Waals surface area contributed by atoms with Crippen molar-refractivity contribution in [1.29, 1.82) is 0 Å². The lowest BCUT2D eigenvalue weighted by atomic mass is 10.3. The van der Waals surface area contributed by atoms with E-state index in [1.807, 2.05) is 0 Å². The second-order valence-electron chi connectivity index (χ2n) is 8.58. The molecule has 0 aliphatic heterocycles. The molecule has 0 fully saturated rings. The molecule has 0 aliphatic carbocycles. The minimum Gasteiger partial charge on any atom is -0.355 e. The summed E-state index contributed by atoms with van der Waals surface area (Å²) >= 11 is 1.41. The van der Waals surface area contributed by atoms with E-state index >= 15 is 0 Å². The molecule has 0 amide bonds. The lowest BCUT2D eigenvalue weighted by molar-refractivity contribution is -0.111. The van der Waals surface area contributed by atoms with Crippen molar-refractivity contribution in [2.75, 3.05) is 38.8 Å². The summed E-state index contributed by atoms with van der Waals surface area (Å²) in [6.45, 7) is 25.3. The van der Waals surface area contributed by atoms with Crippen LogP contribution in [-0.4, -0.2) is 82.3 Å². The molecule has 0 aromatic heterocycles. The van der Waals surface area contributed by atoms with Crippen LogP contribution in [0.2, 0.25) is 0 Å². The maximum atomic E-state index is 12.0. The normalized spacial score (nSPS) is 12.9. The van der Waals surface area contributed by atoms with Gasteiger partial charge in [-0.05, 0) is 74.9 Å². The van der Waals surface area contributed by atoms with Crippen LogP contribution in [0.3, 0.4) is 0 Å². The van der Waals surface area contributed by atoms with Crippen molar-refractivity contribution in [3.8, 4) is 0 Å². The standard InChI is InChI=1S/C22H48N3O3PS/c1-11-23(12-2)16-22(26)30-15-13-14-27-17-28-29(24(18(3)4)19(5)6)25(20(7)8)21(9)10/h18-21H,11-17H2,1-10H3. The number of carbonyl (C=O) groups is 1. The Morgan fingerprint density at radius 1 is 0.867 bits per heavy atom. The monoisotopic (exact) mass is 465 g/mol. The summed E-state index contributed by atoms with van der Waals surface area (Å²) in [6, 6.07) is 1.57. The number of likely N-dealkylation sites (N-methyl/N-ethyl adjacent to an activating group) is 1. The van der Waals surface area contributed by atoms with E-state index in [0.29, 0.717) is 37.3 Å². The molecule has 0 spiro atoms. The Kier molecular flexibility index (Phi) is 17.0. The van der Waals surface area contributed by atoms with Crippen LogP contribution in [-0.2, 0) is 14.1 Å². The molecule has 0 saturated heterocycles. The SMILES string of the molecule is CCN(CC)CC(=O)SCCCOCOP(N(C(C)C)C(C)C)N(C(C)C)C(C)C. The predicted molar refractivity (Wildman–Crippen MR) is 133 cm³/mol. The third kappa shape index (κ3) is 11.8. The highest BCUT2D eigenvalue weighted by Gasteiger charge is 2.34. The number of thioether (sulfide) groups is 1. The van der Waals surface area contributed by atoms with Crippen molar-refractivity contribution in [1.82, 2.24) is 14.2 Å². The molecule has 0 saturated carbocycles. The van der Waals surface area contributed by atoms with Gasteiger partial charge in [-0.2, -0.15) is 0 Å². The molecule has 0 radical (unpaired) electrons. The van der Waals surface area contributed by atoms with Gasteiger partial charge in [0.15, 0.2) is 15.2 Å². The van der Waals surface area contributed by atoms with Gasteiger partial charge in [0.25, 0.3) is 0 Å². The smallest absolute Gasteiger partial charge is 0.202 e. The van der Waals surface area contributed by atoms with E-state index in [1.165, 1.54) is 11.8 Å². The quantitative estimate of drug-likeness (QED) is 0.161. The summed E-state index contributed by atoms with van der Waals surface area (Å²) in [6.07, 6.45) is 0.853. The maximum Gasteiger partial charge on any atom is 0.202 e. The van der Waals surface area contributed by atoms with E-state index in [-0.39, 0.29) is 11.9 Å². The Hall–Kier alpha value is 0.250. The summed E-state index contributed by atoms with van der Waals surface area (Å²) in [4.78, 5) is 14.1. The van der Waals surface area contributed by atoms with Gasteiger partial charge in [-0.1, -0.05) is 25.6 Å². The van der Waals surface area contributed by atoms with Crippen LogP contribution in [0.4, 0.5) is 0 Å². The molecule has 0 bridgehead atoms. The molecule has 6 nitrogen and oxygen atoms in total. The van der Waals surface area contributed by atoms with Gasteiger partial charge < -0.3 is 9.26 Å². The fraction of sp³-hybridized carbons (Fsp3) is 0.955. The molecular weight excluding hydrogens is 417 g/mol. The minimum absolute atomic E-state index is 0.243. The first-order chi connectivity index (χ1) is 14.1. The minimum atomic E-state index is -0.917. The van der Waals surface area contributed by atoms with Crippen molar-refractivity contribution in [3.63, 3.8) is 0 Å². The van der Waals surface area contributed by atoms with E-state index in [2.05, 4.69) is 83.5 Å². The Balaban J connectivity index is 4.54. The molecule has 0 heterocycles. The Bertz CT molecular complexity index is 413. The first-order valence-electron chi connectivity index (χ1n) is 11.5. The fourth-order valence-corrected chi connectivity index (χ4v) is 6.42. The second-order valence-corrected chi connectivity index (χ2v) is 11.4. The lowest BCUT2D eigenvalue weighted by Gasteiger charge is -2.45. The van der Waals surface area contributed by atoms with Gasteiger partial charge in [-0.25, -0.2) is 9.34 Å². The molecule has 30 heavy (non-hydrogen) atoms. The third-order valence-electron chi connectivity index (χ3n) is 4.71. The molecule has 0 rings (SSSR count). The topological polar surface area (TPSA) is 45.3 Å². The van der Waals surface area contributed by atoms with Crippen molar-refractivity contribution in [3.05, 3.63) is 0 Å². The van der Waals surface area contributed by atoms with E-state index in [4.69, 9.17) is 9.26 Å². The predicted octanol–water partition coefficient (Wildman–Crippen LogP) is 5.43. The Labute approximate surface area is 192 Å². The summed E-state index contributed by atoms with van der Waals surface area (Å²) in [7, 11) is -0.917. The van der Waals surface area contributed by atoms with Gasteiger partial charge in [0.05, 0.1) is 13.2 Å². The van der Waals surface area contributed by atoms with E-state index in [1.54, 1.807) is 0 Å². The van der Waals surface area contributed by atoms with Gasteiger partial charge in [0, 0.05) is 29.9 Å². The van der Waals surface area contributed by atoms with E-state index in [0.717, 1.165) is 25.3 Å². The highest BCUT2D eigenvalue weighted by Crippen LogP contribution is 2.50. The summed E-state index contributed by atoms with van der Waals surface area (Å²) in [5.41, 5.74) is 0.